The van der Waals surface area contributed by atoms with E-state index >= 15 is 0 Å². The highest BCUT2D eigenvalue weighted by Crippen LogP contribution is 2.09. The van der Waals surface area contributed by atoms with Gasteiger partial charge in [0.05, 0.1) is 12.2 Å². The molecule has 0 aliphatic heterocycles. The molecule has 0 unspecified atom stereocenters. The lowest BCUT2D eigenvalue weighted by atomic mass is 10.1. The van der Waals surface area contributed by atoms with Crippen LogP contribution in [0.25, 0.3) is 0 Å². The third-order valence-electron chi connectivity index (χ3n) is 3.09. The molecule has 0 saturated carbocycles. The number of aryl methyl sites for hydroxylation is 1. The molecule has 1 N–H and O–H groups in total. The van der Waals surface area contributed by atoms with Crippen molar-refractivity contribution in [1.29, 1.82) is 0 Å². The molecule has 3 nitrogen and oxygen atoms in total. The van der Waals surface area contributed by atoms with Crippen LogP contribution in [0.3, 0.4) is 0 Å². The third-order valence-corrected chi connectivity index (χ3v) is 3.09. The normalized spacial score (nSPS) is 11.8. The Morgan fingerprint density at radius 2 is 1.89 bits per heavy atom. The number of nitrogens with zero attached hydrogens (tertiary/aromatic N) is 2. The lowest BCUT2D eigenvalue weighted by molar-refractivity contribution is 0.419. The molecule has 0 spiro atoms. The molecule has 3 heteroatoms. The molecule has 0 fully saturated rings. The van der Waals surface area contributed by atoms with Crippen LogP contribution >= 0.6 is 0 Å². The fourth-order valence-corrected chi connectivity index (χ4v) is 1.90. The van der Waals surface area contributed by atoms with E-state index in [1.54, 1.807) is 0 Å². The Kier molecular flexibility index (Phi) is 4.05. The summed E-state index contributed by atoms with van der Waals surface area (Å²) in [5.41, 5.74) is 3.84. The highest BCUT2D eigenvalue weighted by Gasteiger charge is 2.09. The summed E-state index contributed by atoms with van der Waals surface area (Å²) in [5.74, 6) is 0. The first kappa shape index (κ1) is 13.8. The van der Waals surface area contributed by atoms with E-state index in [4.69, 9.17) is 0 Å². The molecule has 0 aliphatic carbocycles. The Hall–Kier alpha value is -1.61. The molecular formula is C16H23N3. The van der Waals surface area contributed by atoms with Gasteiger partial charge in [0.2, 0.25) is 0 Å². The van der Waals surface area contributed by atoms with Gasteiger partial charge in [-0.25, -0.2) is 0 Å². The summed E-state index contributed by atoms with van der Waals surface area (Å²) in [5, 5.41) is 8.05. The lowest BCUT2D eigenvalue weighted by Gasteiger charge is -2.19. The van der Waals surface area contributed by atoms with Crippen molar-refractivity contribution in [2.75, 3.05) is 0 Å². The molecule has 1 aromatic carbocycles. The fraction of sp³-hybridized carbons (Fsp3) is 0.438. The minimum atomic E-state index is 0.125. The smallest absolute Gasteiger partial charge is 0.0762 e. The summed E-state index contributed by atoms with van der Waals surface area (Å²) in [4.78, 5) is 0. The minimum absolute atomic E-state index is 0.125. The zero-order chi connectivity index (χ0) is 13.9. The highest BCUT2D eigenvalue weighted by atomic mass is 15.3. The van der Waals surface area contributed by atoms with E-state index in [9.17, 15) is 0 Å². The summed E-state index contributed by atoms with van der Waals surface area (Å²) >= 11 is 0. The van der Waals surface area contributed by atoms with E-state index < -0.39 is 0 Å². The van der Waals surface area contributed by atoms with Gasteiger partial charge < -0.3 is 5.32 Å². The van der Waals surface area contributed by atoms with E-state index in [0.717, 1.165) is 18.8 Å². The summed E-state index contributed by atoms with van der Waals surface area (Å²) in [6, 6.07) is 10.5. The van der Waals surface area contributed by atoms with Gasteiger partial charge in [-0.15, -0.1) is 0 Å². The van der Waals surface area contributed by atoms with Crippen LogP contribution in [-0.4, -0.2) is 15.3 Å². The molecule has 1 heterocycles. The van der Waals surface area contributed by atoms with Crippen molar-refractivity contribution in [3.8, 4) is 0 Å². The summed E-state index contributed by atoms with van der Waals surface area (Å²) < 4.78 is 2.00. The maximum absolute atomic E-state index is 4.60. The average Bonchev–Trinajstić information content (AvgIpc) is 2.77. The van der Waals surface area contributed by atoms with Crippen LogP contribution in [0.2, 0.25) is 0 Å². The third kappa shape index (κ3) is 4.21. The second-order valence-corrected chi connectivity index (χ2v) is 6.03. The van der Waals surface area contributed by atoms with Gasteiger partial charge in [-0.05, 0) is 44.9 Å². The van der Waals surface area contributed by atoms with Crippen LogP contribution < -0.4 is 5.32 Å². The van der Waals surface area contributed by atoms with Gasteiger partial charge in [0.1, 0.15) is 0 Å². The molecule has 0 saturated heterocycles. The standard InChI is InChI=1S/C16H23N3/c1-13-7-5-6-8-14(13)12-19-10-9-15(18-19)11-17-16(2,3)4/h5-10,17H,11-12H2,1-4H3. The molecule has 0 amide bonds. The minimum Gasteiger partial charge on any atom is -0.306 e. The molecule has 1 aromatic heterocycles. The predicted molar refractivity (Wildman–Crippen MR) is 79.1 cm³/mol. The second kappa shape index (κ2) is 5.57. The Morgan fingerprint density at radius 3 is 2.58 bits per heavy atom. The van der Waals surface area contributed by atoms with E-state index in [1.807, 2.05) is 10.9 Å². The van der Waals surface area contributed by atoms with Crippen molar-refractivity contribution < 1.29 is 0 Å². The van der Waals surface area contributed by atoms with E-state index in [2.05, 4.69) is 68.4 Å². The van der Waals surface area contributed by atoms with Crippen LogP contribution in [-0.2, 0) is 13.1 Å². The Morgan fingerprint density at radius 1 is 1.16 bits per heavy atom. The van der Waals surface area contributed by atoms with Crippen molar-refractivity contribution in [2.24, 2.45) is 0 Å². The number of aromatic nitrogens is 2. The Balaban J connectivity index is 2.00. The number of hydrogen-bond acceptors (Lipinski definition) is 2. The molecule has 2 rings (SSSR count). The maximum Gasteiger partial charge on any atom is 0.0762 e. The van der Waals surface area contributed by atoms with Crippen molar-refractivity contribution in [3.05, 3.63) is 53.3 Å². The van der Waals surface area contributed by atoms with Crippen LogP contribution in [0.4, 0.5) is 0 Å². The van der Waals surface area contributed by atoms with Crippen LogP contribution in [0, 0.1) is 6.92 Å². The van der Waals surface area contributed by atoms with E-state index in [0.29, 0.717) is 0 Å². The van der Waals surface area contributed by atoms with Crippen LogP contribution in [0.15, 0.2) is 36.5 Å². The van der Waals surface area contributed by atoms with Crippen molar-refractivity contribution in [1.82, 2.24) is 15.1 Å². The molecule has 19 heavy (non-hydrogen) atoms. The molecule has 2 aromatic rings. The van der Waals surface area contributed by atoms with Gasteiger partial charge >= 0.3 is 0 Å². The van der Waals surface area contributed by atoms with Crippen molar-refractivity contribution in [2.45, 2.75) is 46.3 Å². The van der Waals surface area contributed by atoms with Gasteiger partial charge in [0.25, 0.3) is 0 Å². The predicted octanol–water partition coefficient (Wildman–Crippen LogP) is 3.13. The monoisotopic (exact) mass is 257 g/mol. The van der Waals surface area contributed by atoms with Gasteiger partial charge in [-0.2, -0.15) is 5.10 Å². The molecule has 0 atom stereocenters. The first-order chi connectivity index (χ1) is 8.94. The number of nitrogens with one attached hydrogen (secondary N) is 1. The first-order valence-electron chi connectivity index (χ1n) is 6.76. The lowest BCUT2D eigenvalue weighted by Crippen LogP contribution is -2.35. The van der Waals surface area contributed by atoms with Gasteiger partial charge in [0.15, 0.2) is 0 Å². The quantitative estimate of drug-likeness (QED) is 0.912. The second-order valence-electron chi connectivity index (χ2n) is 6.03. The van der Waals surface area contributed by atoms with Gasteiger partial charge in [0, 0.05) is 18.3 Å². The fourth-order valence-electron chi connectivity index (χ4n) is 1.90. The number of rotatable bonds is 4. The topological polar surface area (TPSA) is 29.9 Å². The highest BCUT2D eigenvalue weighted by molar-refractivity contribution is 5.25. The Bertz CT molecular complexity index is 535. The largest absolute Gasteiger partial charge is 0.306 e. The van der Waals surface area contributed by atoms with Gasteiger partial charge in [-0.1, -0.05) is 24.3 Å². The van der Waals surface area contributed by atoms with Crippen molar-refractivity contribution >= 4 is 0 Å². The van der Waals surface area contributed by atoms with Crippen LogP contribution in [0.5, 0.6) is 0 Å². The summed E-state index contributed by atoms with van der Waals surface area (Å²) in [7, 11) is 0. The number of benzene rings is 1. The zero-order valence-corrected chi connectivity index (χ0v) is 12.3. The molecule has 102 valence electrons. The molecule has 0 radical (unpaired) electrons. The van der Waals surface area contributed by atoms with Crippen molar-refractivity contribution in [3.63, 3.8) is 0 Å². The average molecular weight is 257 g/mol. The SMILES string of the molecule is Cc1ccccc1Cn1ccc(CNC(C)(C)C)n1. The molecule has 0 aliphatic rings. The summed E-state index contributed by atoms with van der Waals surface area (Å²) in [6.45, 7) is 10.3. The number of hydrogen-bond donors (Lipinski definition) is 1. The maximum atomic E-state index is 4.60. The zero-order valence-electron chi connectivity index (χ0n) is 12.3. The Labute approximate surface area is 115 Å². The van der Waals surface area contributed by atoms with Crippen LogP contribution in [0.1, 0.15) is 37.6 Å². The molecular weight excluding hydrogens is 234 g/mol. The van der Waals surface area contributed by atoms with E-state index in [-0.39, 0.29) is 5.54 Å². The first-order valence-corrected chi connectivity index (χ1v) is 6.76. The van der Waals surface area contributed by atoms with E-state index in [1.165, 1.54) is 11.1 Å². The van der Waals surface area contributed by atoms with Gasteiger partial charge in [-0.3, -0.25) is 4.68 Å². The summed E-state index contributed by atoms with van der Waals surface area (Å²) in [6.07, 6.45) is 2.05. The molecule has 0 bridgehead atoms.